The van der Waals surface area contributed by atoms with Crippen molar-refractivity contribution >= 4 is 0 Å². The van der Waals surface area contributed by atoms with Gasteiger partial charge in [0, 0.05) is 5.57 Å². The Morgan fingerprint density at radius 2 is 2.00 bits per heavy atom. The lowest BCUT2D eigenvalue weighted by Crippen LogP contribution is -2.30. The van der Waals surface area contributed by atoms with Crippen molar-refractivity contribution in [3.63, 3.8) is 0 Å². The van der Waals surface area contributed by atoms with Gasteiger partial charge in [0.1, 0.15) is 6.10 Å². The first-order valence-electron chi connectivity index (χ1n) is 6.43. The zero-order valence-corrected chi connectivity index (χ0v) is 10.7. The molecule has 0 spiro atoms. The van der Waals surface area contributed by atoms with Gasteiger partial charge >= 0.3 is 0 Å². The molecule has 2 rings (SSSR count). The van der Waals surface area contributed by atoms with Crippen LogP contribution in [-0.2, 0) is 4.74 Å². The fraction of sp³-hybridized carbons (Fsp3) is 0.571. The van der Waals surface area contributed by atoms with Crippen LogP contribution in [0.4, 0.5) is 0 Å². The highest BCUT2D eigenvalue weighted by Gasteiger charge is 2.30. The summed E-state index contributed by atoms with van der Waals surface area (Å²) in [6, 6.07) is 0. The Bertz CT molecular complexity index is 420. The molecule has 2 aliphatic rings. The molecule has 19 heavy (non-hydrogen) atoms. The minimum Gasteiger partial charge on any atom is -0.481 e. The molecule has 3 atom stereocenters. The summed E-state index contributed by atoms with van der Waals surface area (Å²) in [4.78, 5) is 0. The first-order valence-corrected chi connectivity index (χ1v) is 6.43. The summed E-state index contributed by atoms with van der Waals surface area (Å²) in [5, 5.41) is 37.3. The summed E-state index contributed by atoms with van der Waals surface area (Å²) >= 11 is 0. The molecule has 0 saturated heterocycles. The standard InChI is InChI=1S/C14H20O5/c1-8-2-4-10(14(17)18)13(8)19-7-9-3-5-11(15)12(16)6-9/h3,11-13,15-18H,1-2,4-7H2. The van der Waals surface area contributed by atoms with E-state index in [0.29, 0.717) is 37.9 Å². The Kier molecular flexibility index (Phi) is 4.29. The molecule has 2 aliphatic carbocycles. The van der Waals surface area contributed by atoms with Crippen molar-refractivity contribution in [2.24, 2.45) is 0 Å². The molecule has 4 N–H and O–H groups in total. The van der Waals surface area contributed by atoms with E-state index in [9.17, 15) is 20.4 Å². The highest BCUT2D eigenvalue weighted by atomic mass is 16.5. The van der Waals surface area contributed by atoms with Crippen molar-refractivity contribution in [1.82, 2.24) is 0 Å². The maximum Gasteiger partial charge on any atom is 0.276 e. The van der Waals surface area contributed by atoms with Gasteiger partial charge in [-0.05, 0) is 36.8 Å². The molecule has 0 heterocycles. The maximum atomic E-state index is 9.58. The first kappa shape index (κ1) is 14.1. The van der Waals surface area contributed by atoms with Crippen LogP contribution in [0.2, 0.25) is 0 Å². The Morgan fingerprint density at radius 1 is 1.26 bits per heavy atom. The predicted octanol–water partition coefficient (Wildman–Crippen LogP) is 1.49. The van der Waals surface area contributed by atoms with Crippen LogP contribution in [-0.4, -0.2) is 45.3 Å². The van der Waals surface area contributed by atoms with Gasteiger partial charge in [0.2, 0.25) is 0 Å². The summed E-state index contributed by atoms with van der Waals surface area (Å²) in [5.41, 5.74) is 2.20. The number of aliphatic hydroxyl groups excluding tert-OH is 3. The Morgan fingerprint density at radius 3 is 2.63 bits per heavy atom. The average molecular weight is 268 g/mol. The van der Waals surface area contributed by atoms with Gasteiger partial charge in [0.15, 0.2) is 0 Å². The van der Waals surface area contributed by atoms with Gasteiger partial charge in [-0.25, -0.2) is 0 Å². The van der Waals surface area contributed by atoms with Gasteiger partial charge in [-0.2, -0.15) is 0 Å². The van der Waals surface area contributed by atoms with Crippen molar-refractivity contribution in [2.45, 2.75) is 44.0 Å². The van der Waals surface area contributed by atoms with Crippen molar-refractivity contribution in [2.75, 3.05) is 6.61 Å². The topological polar surface area (TPSA) is 90.2 Å². The van der Waals surface area contributed by atoms with E-state index in [1.54, 1.807) is 0 Å². The molecule has 1 saturated carbocycles. The molecule has 0 bridgehead atoms. The first-order chi connectivity index (χ1) is 8.99. The summed E-state index contributed by atoms with van der Waals surface area (Å²) in [5.74, 6) is -0.684. The van der Waals surface area contributed by atoms with E-state index in [0.717, 1.165) is 11.1 Å². The van der Waals surface area contributed by atoms with Crippen LogP contribution in [0.1, 0.15) is 25.7 Å². The van der Waals surface area contributed by atoms with Crippen LogP contribution >= 0.6 is 0 Å². The second kappa shape index (κ2) is 5.77. The summed E-state index contributed by atoms with van der Waals surface area (Å²) in [7, 11) is 0. The van der Waals surface area contributed by atoms with Gasteiger partial charge in [-0.3, -0.25) is 0 Å². The molecular weight excluding hydrogens is 248 g/mol. The van der Waals surface area contributed by atoms with Gasteiger partial charge in [-0.1, -0.05) is 12.7 Å². The number of hydrogen-bond donors (Lipinski definition) is 4. The highest BCUT2D eigenvalue weighted by molar-refractivity contribution is 5.29. The van der Waals surface area contributed by atoms with Gasteiger partial charge < -0.3 is 25.2 Å². The van der Waals surface area contributed by atoms with Crippen LogP contribution in [0, 0.1) is 0 Å². The van der Waals surface area contributed by atoms with Crippen molar-refractivity contribution in [3.05, 3.63) is 35.3 Å². The molecule has 0 aliphatic heterocycles. The number of aliphatic hydroxyl groups is 4. The van der Waals surface area contributed by atoms with Gasteiger partial charge in [0.05, 0.1) is 18.8 Å². The van der Waals surface area contributed by atoms with Crippen LogP contribution in [0.25, 0.3) is 0 Å². The van der Waals surface area contributed by atoms with E-state index < -0.39 is 24.3 Å². The van der Waals surface area contributed by atoms with E-state index >= 15 is 0 Å². The van der Waals surface area contributed by atoms with Crippen molar-refractivity contribution < 1.29 is 25.2 Å². The molecule has 5 heteroatoms. The predicted molar refractivity (Wildman–Crippen MR) is 69.7 cm³/mol. The fourth-order valence-electron chi connectivity index (χ4n) is 2.49. The third-order valence-corrected chi connectivity index (χ3v) is 3.69. The van der Waals surface area contributed by atoms with E-state index in [1.165, 1.54) is 0 Å². The molecule has 5 nitrogen and oxygen atoms in total. The number of hydrogen-bond acceptors (Lipinski definition) is 5. The molecule has 0 aromatic carbocycles. The molecule has 3 unspecified atom stereocenters. The lowest BCUT2D eigenvalue weighted by atomic mass is 9.95. The quantitative estimate of drug-likeness (QED) is 0.460. The van der Waals surface area contributed by atoms with Gasteiger partial charge in [0.25, 0.3) is 5.95 Å². The summed E-state index contributed by atoms with van der Waals surface area (Å²) < 4.78 is 5.67. The zero-order valence-electron chi connectivity index (χ0n) is 10.7. The lowest BCUT2D eigenvalue weighted by molar-refractivity contribution is 0.0118. The molecule has 0 radical (unpaired) electrons. The third-order valence-electron chi connectivity index (χ3n) is 3.69. The van der Waals surface area contributed by atoms with Gasteiger partial charge in [-0.15, -0.1) is 0 Å². The largest absolute Gasteiger partial charge is 0.481 e. The lowest BCUT2D eigenvalue weighted by Gasteiger charge is -2.24. The molecule has 1 fully saturated rings. The van der Waals surface area contributed by atoms with Crippen molar-refractivity contribution in [1.29, 1.82) is 0 Å². The smallest absolute Gasteiger partial charge is 0.276 e. The normalized spacial score (nSPS) is 31.5. The second-order valence-electron chi connectivity index (χ2n) is 5.14. The zero-order chi connectivity index (χ0) is 14.0. The Hall–Kier alpha value is -1.30. The Balaban J connectivity index is 1.95. The van der Waals surface area contributed by atoms with E-state index in [1.807, 2.05) is 6.08 Å². The molecule has 0 amide bonds. The van der Waals surface area contributed by atoms with E-state index in [-0.39, 0.29) is 0 Å². The minimum atomic E-state index is -0.753. The van der Waals surface area contributed by atoms with Crippen LogP contribution < -0.4 is 0 Å². The molecule has 106 valence electrons. The van der Waals surface area contributed by atoms with E-state index in [4.69, 9.17) is 4.74 Å². The molecule has 0 aromatic heterocycles. The SMILES string of the molecule is C=C1CCC(=C(O)O)C1OCC1=CCC(O)C(O)C1. The molecule has 0 aromatic rings. The van der Waals surface area contributed by atoms with Crippen LogP contribution in [0.3, 0.4) is 0 Å². The van der Waals surface area contributed by atoms with Crippen LogP contribution in [0.5, 0.6) is 0 Å². The second-order valence-corrected chi connectivity index (χ2v) is 5.14. The Labute approximate surface area is 112 Å². The van der Waals surface area contributed by atoms with Crippen molar-refractivity contribution in [3.8, 4) is 0 Å². The summed E-state index contributed by atoms with van der Waals surface area (Å²) in [6.07, 6.45) is 1.96. The third kappa shape index (κ3) is 3.18. The highest BCUT2D eigenvalue weighted by Crippen LogP contribution is 2.33. The maximum absolute atomic E-state index is 9.58. The average Bonchev–Trinajstić information content (AvgIpc) is 2.72. The monoisotopic (exact) mass is 268 g/mol. The number of rotatable bonds is 3. The number of ether oxygens (including phenoxy) is 1. The molecular formula is C14H20O5. The minimum absolute atomic E-state index is 0.296. The van der Waals surface area contributed by atoms with Crippen LogP contribution in [0.15, 0.2) is 35.3 Å². The van der Waals surface area contributed by atoms with E-state index in [2.05, 4.69) is 6.58 Å². The fourth-order valence-corrected chi connectivity index (χ4v) is 2.49. The summed E-state index contributed by atoms with van der Waals surface area (Å²) in [6.45, 7) is 4.16.